The van der Waals surface area contributed by atoms with E-state index in [9.17, 15) is 0 Å². The molecular formula is C25H25N5. The Kier molecular flexibility index (Phi) is 5.80. The molecule has 5 nitrogen and oxygen atoms in total. The van der Waals surface area contributed by atoms with Crippen molar-refractivity contribution in [3.8, 4) is 0 Å². The number of hydrazone groups is 1. The molecule has 3 aromatic rings. The Bertz CT molecular complexity index is 1120. The first kappa shape index (κ1) is 19.7. The summed E-state index contributed by atoms with van der Waals surface area (Å²) in [5.41, 5.74) is 10.4. The van der Waals surface area contributed by atoms with Gasteiger partial charge in [0.1, 0.15) is 5.71 Å². The molecule has 0 amide bonds. The summed E-state index contributed by atoms with van der Waals surface area (Å²) in [6.45, 7) is 7.18. The highest BCUT2D eigenvalue weighted by molar-refractivity contribution is 6.48. The second-order valence-corrected chi connectivity index (χ2v) is 7.56. The van der Waals surface area contributed by atoms with Crippen LogP contribution in [0.3, 0.4) is 0 Å². The fourth-order valence-corrected chi connectivity index (χ4v) is 3.41. The maximum Gasteiger partial charge on any atom is 0.219 e. The molecule has 3 aromatic carbocycles. The SMILES string of the molecule is Cc1cc2c(cc1C)C(C)CN=C2/C(N=Nc1ccccc1)=N/Nc1ccccc1. The van der Waals surface area contributed by atoms with Crippen molar-refractivity contribution in [2.75, 3.05) is 12.0 Å². The van der Waals surface area contributed by atoms with Crippen LogP contribution in [0.5, 0.6) is 0 Å². The van der Waals surface area contributed by atoms with Crippen molar-refractivity contribution >= 4 is 22.9 Å². The van der Waals surface area contributed by atoms with E-state index >= 15 is 0 Å². The minimum absolute atomic E-state index is 0.359. The quantitative estimate of drug-likeness (QED) is 0.236. The van der Waals surface area contributed by atoms with Gasteiger partial charge in [0.15, 0.2) is 0 Å². The van der Waals surface area contributed by atoms with Crippen LogP contribution in [0.4, 0.5) is 11.4 Å². The van der Waals surface area contributed by atoms with Gasteiger partial charge in [-0.15, -0.1) is 10.2 Å². The van der Waals surface area contributed by atoms with E-state index in [0.29, 0.717) is 18.3 Å². The second kappa shape index (κ2) is 8.82. The summed E-state index contributed by atoms with van der Waals surface area (Å²) in [5, 5.41) is 13.5. The lowest BCUT2D eigenvalue weighted by Crippen LogP contribution is -2.23. The minimum Gasteiger partial charge on any atom is -0.280 e. The molecule has 0 aromatic heterocycles. The number of hydrogen-bond donors (Lipinski definition) is 1. The molecule has 0 saturated heterocycles. The maximum absolute atomic E-state index is 4.84. The van der Waals surface area contributed by atoms with Crippen molar-refractivity contribution in [2.24, 2.45) is 20.3 Å². The molecule has 0 saturated carbocycles. The Morgan fingerprint density at radius 2 is 1.60 bits per heavy atom. The number of aryl methyl sites for hydroxylation is 2. The number of nitrogens with one attached hydrogen (secondary N) is 1. The number of rotatable bonds is 4. The van der Waals surface area contributed by atoms with Crippen LogP contribution in [0.25, 0.3) is 0 Å². The zero-order valence-electron chi connectivity index (χ0n) is 17.5. The van der Waals surface area contributed by atoms with Gasteiger partial charge in [-0.1, -0.05) is 49.4 Å². The summed E-state index contributed by atoms with van der Waals surface area (Å²) in [7, 11) is 0. The number of nitrogens with zero attached hydrogens (tertiary/aromatic N) is 4. The monoisotopic (exact) mass is 395 g/mol. The molecule has 1 N–H and O–H groups in total. The predicted octanol–water partition coefficient (Wildman–Crippen LogP) is 6.42. The normalized spacial score (nSPS) is 16.3. The first-order chi connectivity index (χ1) is 14.6. The van der Waals surface area contributed by atoms with Gasteiger partial charge in [0.25, 0.3) is 0 Å². The lowest BCUT2D eigenvalue weighted by Gasteiger charge is -2.23. The summed E-state index contributed by atoms with van der Waals surface area (Å²) in [5.74, 6) is 0.830. The standard InChI is InChI=1S/C25H25N5/c1-17-14-22-19(3)16-26-24(23(22)15-18(17)2)25(29-27-20-10-6-4-7-11-20)30-28-21-12-8-5-9-13-21/h4-15,19,27H,16H2,1-3H3/b29-25-,30-28?. The molecule has 0 fully saturated rings. The van der Waals surface area contributed by atoms with Crippen LogP contribution in [0.15, 0.2) is 93.1 Å². The van der Waals surface area contributed by atoms with Crippen LogP contribution in [-0.2, 0) is 0 Å². The van der Waals surface area contributed by atoms with Crippen molar-refractivity contribution < 1.29 is 0 Å². The molecule has 0 radical (unpaired) electrons. The topological polar surface area (TPSA) is 61.5 Å². The first-order valence-electron chi connectivity index (χ1n) is 10.1. The fraction of sp³-hybridized carbons (Fsp3) is 0.200. The van der Waals surface area contributed by atoms with Crippen LogP contribution >= 0.6 is 0 Å². The molecule has 0 bridgehead atoms. The van der Waals surface area contributed by atoms with Gasteiger partial charge in [-0.05, 0) is 60.9 Å². The number of para-hydroxylation sites is 1. The molecule has 0 aliphatic carbocycles. The van der Waals surface area contributed by atoms with Crippen LogP contribution in [0.1, 0.15) is 35.1 Å². The van der Waals surface area contributed by atoms with Gasteiger partial charge in [-0.25, -0.2) is 0 Å². The van der Waals surface area contributed by atoms with Crippen molar-refractivity contribution in [3.63, 3.8) is 0 Å². The summed E-state index contributed by atoms with van der Waals surface area (Å²) in [6.07, 6.45) is 0. The van der Waals surface area contributed by atoms with Gasteiger partial charge in [0, 0.05) is 18.0 Å². The van der Waals surface area contributed by atoms with Gasteiger partial charge in [0.2, 0.25) is 5.84 Å². The average Bonchev–Trinajstić information content (AvgIpc) is 2.77. The maximum atomic E-state index is 4.84. The number of fused-ring (bicyclic) bond motifs is 1. The molecule has 30 heavy (non-hydrogen) atoms. The van der Waals surface area contributed by atoms with Gasteiger partial charge in [-0.3, -0.25) is 10.4 Å². The lowest BCUT2D eigenvalue weighted by atomic mass is 9.87. The highest BCUT2D eigenvalue weighted by Crippen LogP contribution is 2.29. The van der Waals surface area contributed by atoms with Crippen molar-refractivity contribution in [1.82, 2.24) is 0 Å². The van der Waals surface area contributed by atoms with Crippen molar-refractivity contribution in [1.29, 1.82) is 0 Å². The molecule has 1 aliphatic rings. The molecule has 1 unspecified atom stereocenters. The smallest absolute Gasteiger partial charge is 0.219 e. The van der Waals surface area contributed by atoms with E-state index in [0.717, 1.165) is 22.6 Å². The average molecular weight is 396 g/mol. The van der Waals surface area contributed by atoms with Crippen LogP contribution < -0.4 is 5.43 Å². The number of benzene rings is 3. The summed E-state index contributed by atoms with van der Waals surface area (Å²) >= 11 is 0. The highest BCUT2D eigenvalue weighted by atomic mass is 15.3. The van der Waals surface area contributed by atoms with E-state index in [1.807, 2.05) is 60.7 Å². The Morgan fingerprint density at radius 1 is 0.933 bits per heavy atom. The minimum atomic E-state index is 0.359. The molecule has 1 aliphatic heterocycles. The van der Waals surface area contributed by atoms with E-state index in [2.05, 4.69) is 53.7 Å². The zero-order valence-corrected chi connectivity index (χ0v) is 17.5. The van der Waals surface area contributed by atoms with Gasteiger partial charge in [0.05, 0.1) is 11.4 Å². The Labute approximate surface area is 177 Å². The Hall–Kier alpha value is -3.60. The third kappa shape index (κ3) is 4.35. The fourth-order valence-electron chi connectivity index (χ4n) is 3.41. The summed E-state index contributed by atoms with van der Waals surface area (Å²) in [4.78, 5) is 4.84. The molecule has 150 valence electrons. The van der Waals surface area contributed by atoms with Gasteiger partial charge in [-0.2, -0.15) is 5.10 Å². The van der Waals surface area contributed by atoms with E-state index in [4.69, 9.17) is 4.99 Å². The molecule has 1 atom stereocenters. The van der Waals surface area contributed by atoms with E-state index in [1.165, 1.54) is 16.7 Å². The number of azo groups is 1. The number of amidine groups is 1. The van der Waals surface area contributed by atoms with Gasteiger partial charge < -0.3 is 0 Å². The highest BCUT2D eigenvalue weighted by Gasteiger charge is 2.24. The Morgan fingerprint density at radius 3 is 2.33 bits per heavy atom. The third-order valence-corrected chi connectivity index (χ3v) is 5.27. The van der Waals surface area contributed by atoms with Crippen LogP contribution in [0.2, 0.25) is 0 Å². The van der Waals surface area contributed by atoms with Gasteiger partial charge >= 0.3 is 0 Å². The van der Waals surface area contributed by atoms with E-state index in [-0.39, 0.29) is 0 Å². The van der Waals surface area contributed by atoms with E-state index in [1.54, 1.807) is 0 Å². The largest absolute Gasteiger partial charge is 0.280 e. The van der Waals surface area contributed by atoms with Crippen molar-refractivity contribution in [2.45, 2.75) is 26.7 Å². The predicted molar refractivity (Wildman–Crippen MR) is 124 cm³/mol. The Balaban J connectivity index is 1.76. The molecule has 1 heterocycles. The molecule has 0 spiro atoms. The molecule has 5 heteroatoms. The molecule has 4 rings (SSSR count). The summed E-state index contributed by atoms with van der Waals surface area (Å²) < 4.78 is 0. The number of hydrogen-bond acceptors (Lipinski definition) is 4. The second-order valence-electron chi connectivity index (χ2n) is 7.56. The van der Waals surface area contributed by atoms with E-state index < -0.39 is 0 Å². The molecular weight excluding hydrogens is 370 g/mol. The third-order valence-electron chi connectivity index (χ3n) is 5.27. The zero-order chi connectivity index (χ0) is 20.9. The number of aliphatic imine (C=N–C) groups is 1. The number of anilines is 1. The summed E-state index contributed by atoms with van der Waals surface area (Å²) in [6, 6.07) is 23.9. The lowest BCUT2D eigenvalue weighted by molar-refractivity contribution is 0.760. The van der Waals surface area contributed by atoms with Crippen LogP contribution in [0, 0.1) is 13.8 Å². The first-order valence-corrected chi connectivity index (χ1v) is 10.1. The van der Waals surface area contributed by atoms with Crippen molar-refractivity contribution in [3.05, 3.63) is 95.1 Å². The van der Waals surface area contributed by atoms with Crippen LogP contribution in [-0.4, -0.2) is 18.1 Å².